The van der Waals surface area contributed by atoms with E-state index in [0.717, 1.165) is 21.9 Å². The number of furan rings is 1. The molecule has 0 radical (unpaired) electrons. The second kappa shape index (κ2) is 9.29. The first-order chi connectivity index (χ1) is 22.2. The van der Waals surface area contributed by atoms with Gasteiger partial charge in [0.25, 0.3) is 0 Å². The van der Waals surface area contributed by atoms with E-state index >= 15 is 0 Å². The summed E-state index contributed by atoms with van der Waals surface area (Å²) < 4.78 is 6.09. The maximum absolute atomic E-state index is 6.09. The standard InChI is InChI=1S/C44H26O/c1-2-6-27(7-3-1)28-10-11-30-21-31(13-12-29(30)20-28)37-22-33-14-16-35-24-38(25-36-17-15-34(23-37)43(33)44(35)36)32-18-19-42-40(26-32)39-8-4-5-9-41(39)45-42/h1-26H. The largest absolute Gasteiger partial charge is 0.456 e. The minimum Gasteiger partial charge on any atom is -0.456 e. The van der Waals surface area contributed by atoms with Gasteiger partial charge in [-0.1, -0.05) is 103 Å². The van der Waals surface area contributed by atoms with E-state index in [1.54, 1.807) is 0 Å². The van der Waals surface area contributed by atoms with E-state index < -0.39 is 0 Å². The molecule has 0 fully saturated rings. The second-order valence-electron chi connectivity index (χ2n) is 12.2. The molecule has 1 heterocycles. The smallest absolute Gasteiger partial charge is 0.135 e. The summed E-state index contributed by atoms with van der Waals surface area (Å²) in [6.45, 7) is 0. The zero-order chi connectivity index (χ0) is 29.5. The third-order valence-electron chi connectivity index (χ3n) is 9.52. The number of hydrogen-bond acceptors (Lipinski definition) is 1. The van der Waals surface area contributed by atoms with Gasteiger partial charge in [0.2, 0.25) is 0 Å². The summed E-state index contributed by atoms with van der Waals surface area (Å²) in [7, 11) is 0. The number of benzene rings is 9. The van der Waals surface area contributed by atoms with Crippen LogP contribution in [0.3, 0.4) is 0 Å². The van der Waals surface area contributed by atoms with Crippen molar-refractivity contribution < 1.29 is 4.42 Å². The van der Waals surface area contributed by atoms with Crippen LogP contribution in [0.25, 0.3) is 98.4 Å². The average molecular weight is 571 g/mol. The molecule has 0 saturated carbocycles. The van der Waals surface area contributed by atoms with Gasteiger partial charge in [0.05, 0.1) is 0 Å². The van der Waals surface area contributed by atoms with Crippen molar-refractivity contribution in [1.82, 2.24) is 0 Å². The van der Waals surface area contributed by atoms with Crippen molar-refractivity contribution in [3.63, 3.8) is 0 Å². The molecule has 10 rings (SSSR count). The molecule has 0 spiro atoms. The van der Waals surface area contributed by atoms with Gasteiger partial charge in [-0.15, -0.1) is 0 Å². The van der Waals surface area contributed by atoms with Crippen molar-refractivity contribution >= 4 is 65.0 Å². The zero-order valence-corrected chi connectivity index (χ0v) is 24.4. The van der Waals surface area contributed by atoms with Crippen LogP contribution in [0.15, 0.2) is 162 Å². The van der Waals surface area contributed by atoms with E-state index in [9.17, 15) is 0 Å². The molecule has 1 nitrogen and oxygen atoms in total. The molecule has 0 saturated heterocycles. The average Bonchev–Trinajstić information content (AvgIpc) is 3.48. The Balaban J connectivity index is 1.07. The van der Waals surface area contributed by atoms with Crippen molar-refractivity contribution in [3.05, 3.63) is 158 Å². The molecule has 0 aliphatic carbocycles. The first kappa shape index (κ1) is 24.5. The van der Waals surface area contributed by atoms with Crippen LogP contribution in [0.5, 0.6) is 0 Å². The SMILES string of the molecule is c1ccc(-c2ccc3cc(-c4cc5ccc6cc(-c7ccc8oc9ccccc9c8c7)cc7ccc(c4)c5c67)ccc3c2)cc1. The highest BCUT2D eigenvalue weighted by molar-refractivity contribution is 6.24. The highest BCUT2D eigenvalue weighted by Crippen LogP contribution is 2.41. The molecule has 0 aliphatic heterocycles. The predicted octanol–water partition coefficient (Wildman–Crippen LogP) is 12.6. The summed E-state index contributed by atoms with van der Waals surface area (Å²) in [5.74, 6) is 0. The van der Waals surface area contributed by atoms with E-state index in [1.165, 1.54) is 76.5 Å². The summed E-state index contributed by atoms with van der Waals surface area (Å²) in [5.41, 5.74) is 9.26. The molecule has 0 amide bonds. The molecule has 0 atom stereocenters. The molecule has 1 heteroatoms. The quantitative estimate of drug-likeness (QED) is 0.193. The van der Waals surface area contributed by atoms with Gasteiger partial charge in [-0.3, -0.25) is 0 Å². The lowest BCUT2D eigenvalue weighted by Gasteiger charge is -2.15. The van der Waals surface area contributed by atoms with Crippen molar-refractivity contribution in [3.8, 4) is 33.4 Å². The fourth-order valence-corrected chi connectivity index (χ4v) is 7.31. The molecule has 0 unspecified atom stereocenters. The fourth-order valence-electron chi connectivity index (χ4n) is 7.31. The van der Waals surface area contributed by atoms with Crippen LogP contribution in [0.1, 0.15) is 0 Å². The van der Waals surface area contributed by atoms with Crippen LogP contribution in [-0.2, 0) is 0 Å². The van der Waals surface area contributed by atoms with Crippen molar-refractivity contribution in [2.45, 2.75) is 0 Å². The van der Waals surface area contributed by atoms with E-state index in [-0.39, 0.29) is 0 Å². The first-order valence-corrected chi connectivity index (χ1v) is 15.5. The Hall–Kier alpha value is -5.92. The van der Waals surface area contributed by atoms with Crippen LogP contribution >= 0.6 is 0 Å². The molecule has 1 aromatic heterocycles. The normalized spacial score (nSPS) is 12.0. The maximum atomic E-state index is 6.09. The summed E-state index contributed by atoms with van der Waals surface area (Å²) in [4.78, 5) is 0. The van der Waals surface area contributed by atoms with Gasteiger partial charge in [0.15, 0.2) is 0 Å². The summed E-state index contributed by atoms with van der Waals surface area (Å²) >= 11 is 0. The Morgan fingerprint density at radius 2 is 0.711 bits per heavy atom. The fraction of sp³-hybridized carbons (Fsp3) is 0. The zero-order valence-electron chi connectivity index (χ0n) is 24.4. The lowest BCUT2D eigenvalue weighted by atomic mass is 9.89. The Bertz CT molecular complexity index is 2680. The minimum atomic E-state index is 0.928. The highest BCUT2D eigenvalue weighted by atomic mass is 16.3. The van der Waals surface area contributed by atoms with Crippen LogP contribution in [-0.4, -0.2) is 0 Å². The van der Waals surface area contributed by atoms with Gasteiger partial charge in [-0.2, -0.15) is 0 Å². The van der Waals surface area contributed by atoms with Gasteiger partial charge >= 0.3 is 0 Å². The molecule has 0 N–H and O–H groups in total. The van der Waals surface area contributed by atoms with Crippen molar-refractivity contribution in [2.24, 2.45) is 0 Å². The molecule has 208 valence electrons. The first-order valence-electron chi connectivity index (χ1n) is 15.5. The Labute approximate surface area is 259 Å². The van der Waals surface area contributed by atoms with Crippen molar-refractivity contribution in [2.75, 3.05) is 0 Å². The maximum Gasteiger partial charge on any atom is 0.135 e. The van der Waals surface area contributed by atoms with Gasteiger partial charge in [-0.05, 0) is 131 Å². The van der Waals surface area contributed by atoms with Crippen LogP contribution in [0, 0.1) is 0 Å². The van der Waals surface area contributed by atoms with E-state index in [2.05, 4.69) is 146 Å². The molecular weight excluding hydrogens is 544 g/mol. The lowest BCUT2D eigenvalue weighted by molar-refractivity contribution is 0.669. The third-order valence-corrected chi connectivity index (χ3v) is 9.52. The molecule has 45 heavy (non-hydrogen) atoms. The summed E-state index contributed by atoms with van der Waals surface area (Å²) in [6, 6.07) is 57.6. The topological polar surface area (TPSA) is 13.1 Å². The number of para-hydroxylation sites is 1. The molecule has 0 aliphatic rings. The Morgan fingerprint density at radius 3 is 1.33 bits per heavy atom. The lowest BCUT2D eigenvalue weighted by Crippen LogP contribution is -1.88. The second-order valence-corrected chi connectivity index (χ2v) is 12.2. The third kappa shape index (κ3) is 3.81. The summed E-state index contributed by atoms with van der Waals surface area (Å²) in [6.07, 6.45) is 0. The Morgan fingerprint density at radius 1 is 0.267 bits per heavy atom. The number of fused-ring (bicyclic) bond motifs is 4. The monoisotopic (exact) mass is 570 g/mol. The minimum absolute atomic E-state index is 0.928. The van der Waals surface area contributed by atoms with Gasteiger partial charge in [0.1, 0.15) is 11.2 Å². The molecule has 9 aromatic carbocycles. The van der Waals surface area contributed by atoms with Gasteiger partial charge < -0.3 is 4.42 Å². The van der Waals surface area contributed by atoms with E-state index in [0.29, 0.717) is 0 Å². The van der Waals surface area contributed by atoms with E-state index in [1.807, 2.05) is 12.1 Å². The summed E-state index contributed by atoms with van der Waals surface area (Å²) in [5, 5.41) is 12.6. The van der Waals surface area contributed by atoms with Crippen LogP contribution < -0.4 is 0 Å². The number of hydrogen-bond donors (Lipinski definition) is 0. The van der Waals surface area contributed by atoms with E-state index in [4.69, 9.17) is 4.42 Å². The van der Waals surface area contributed by atoms with Gasteiger partial charge in [0, 0.05) is 10.8 Å². The van der Waals surface area contributed by atoms with Crippen molar-refractivity contribution in [1.29, 1.82) is 0 Å². The Kier molecular flexibility index (Phi) is 5.06. The molecule has 0 bridgehead atoms. The predicted molar refractivity (Wildman–Crippen MR) is 191 cm³/mol. The van der Waals surface area contributed by atoms with Crippen LogP contribution in [0.2, 0.25) is 0 Å². The van der Waals surface area contributed by atoms with Crippen LogP contribution in [0.4, 0.5) is 0 Å². The molecular formula is C44H26O. The highest BCUT2D eigenvalue weighted by Gasteiger charge is 2.14. The van der Waals surface area contributed by atoms with Gasteiger partial charge in [-0.25, -0.2) is 0 Å². The molecule has 10 aromatic rings. The number of rotatable bonds is 3.